The Kier molecular flexibility index (Phi) is 7.08. The molecule has 0 aliphatic carbocycles. The number of aryl methyl sites for hydroxylation is 2. The third-order valence-corrected chi connectivity index (χ3v) is 8.37. The van der Waals surface area contributed by atoms with Gasteiger partial charge in [-0.2, -0.15) is 10.0 Å². The Morgan fingerprint density at radius 3 is 2.37 bits per heavy atom. The highest BCUT2D eigenvalue weighted by atomic mass is 32.3. The largest absolute Gasteiger partial charge is 0.490 e. The molecule has 1 N–H and O–H groups in total. The van der Waals surface area contributed by atoms with Gasteiger partial charge in [-0.05, 0) is 60.5 Å². The van der Waals surface area contributed by atoms with E-state index < -0.39 is 15.7 Å². The number of carbonyl (C=O) groups is 1. The zero-order valence-electron chi connectivity index (χ0n) is 19.4. The predicted molar refractivity (Wildman–Crippen MR) is 138 cm³/mol. The molecule has 182 valence electrons. The van der Waals surface area contributed by atoms with E-state index in [1.165, 1.54) is 13.0 Å². The van der Waals surface area contributed by atoms with E-state index in [1.54, 1.807) is 24.3 Å². The number of hydrogen-bond donors (Lipinski definition) is 1. The summed E-state index contributed by atoms with van der Waals surface area (Å²) in [6.45, 7) is 6.27. The fourth-order valence-electron chi connectivity index (χ4n) is 3.38. The molecule has 0 fully saturated rings. The molecular weight excluding hydrogens is 488 g/mol. The van der Waals surface area contributed by atoms with Crippen LogP contribution in [0, 0.1) is 19.3 Å². The number of amides is 1. The van der Waals surface area contributed by atoms with Crippen molar-refractivity contribution < 1.29 is 22.7 Å². The summed E-state index contributed by atoms with van der Waals surface area (Å²) in [5.74, 6) is 0.526. The van der Waals surface area contributed by atoms with E-state index in [4.69, 9.17) is 14.9 Å². The summed E-state index contributed by atoms with van der Waals surface area (Å²) in [6, 6.07) is 13.0. The molecule has 0 unspecified atom stereocenters. The van der Waals surface area contributed by atoms with Gasteiger partial charge in [-0.15, -0.1) is 5.10 Å². The Morgan fingerprint density at radius 1 is 1.06 bits per heavy atom. The number of sulfone groups is 1. The van der Waals surface area contributed by atoms with Crippen molar-refractivity contribution >= 4 is 49.0 Å². The first-order chi connectivity index (χ1) is 16.7. The van der Waals surface area contributed by atoms with Crippen molar-refractivity contribution in [1.82, 2.24) is 5.01 Å². The summed E-state index contributed by atoms with van der Waals surface area (Å²) in [5.41, 5.74) is 2.82. The molecule has 2 aromatic carbocycles. The van der Waals surface area contributed by atoms with Crippen LogP contribution in [-0.4, -0.2) is 53.7 Å². The normalized spacial score (nSPS) is 16.8. The van der Waals surface area contributed by atoms with Gasteiger partial charge < -0.3 is 9.47 Å². The second-order valence-corrected chi connectivity index (χ2v) is 11.2. The van der Waals surface area contributed by atoms with Crippen molar-refractivity contribution in [1.29, 1.82) is 5.41 Å². The molecule has 0 radical (unpaired) electrons. The van der Waals surface area contributed by atoms with Crippen LogP contribution in [0.4, 0.5) is 0 Å². The Balaban J connectivity index is 1.40. The van der Waals surface area contributed by atoms with Crippen molar-refractivity contribution in [3.05, 3.63) is 64.7 Å². The molecule has 9 nitrogen and oxygen atoms in total. The van der Waals surface area contributed by atoms with E-state index in [0.29, 0.717) is 24.5 Å². The topological polar surface area (TPSA) is 121 Å². The first-order valence-corrected chi connectivity index (χ1v) is 13.3. The number of para-hydroxylation sites is 1. The standard InChI is InChI=1S/C24H24N4O5S2/c1-4-35(30,31)24-27-28-21(25)19(22(29)26-23(28)34-24)14-17-8-10-18(11-9-17)32-12-13-33-20-15(2)6-5-7-16(20)3/h5-11,14,25H,4,12-13H2,1-3H3/b19-14+,25-21?. The van der Waals surface area contributed by atoms with Crippen LogP contribution in [-0.2, 0) is 14.6 Å². The number of nitrogens with zero attached hydrogens (tertiary/aromatic N) is 3. The summed E-state index contributed by atoms with van der Waals surface area (Å²) in [6.07, 6.45) is 1.52. The molecule has 35 heavy (non-hydrogen) atoms. The summed E-state index contributed by atoms with van der Waals surface area (Å²) in [4.78, 5) is 16.4. The number of thioether (sulfide) groups is 1. The number of carbonyl (C=O) groups excluding carboxylic acids is 1. The Morgan fingerprint density at radius 2 is 1.71 bits per heavy atom. The molecule has 0 atom stereocenters. The second kappa shape index (κ2) is 10.0. The van der Waals surface area contributed by atoms with Crippen LogP contribution in [0.15, 0.2) is 58.1 Å². The highest BCUT2D eigenvalue weighted by Crippen LogP contribution is 2.30. The van der Waals surface area contributed by atoms with Gasteiger partial charge in [0.25, 0.3) is 5.91 Å². The molecule has 4 rings (SSSR count). The number of amidine groups is 2. The molecule has 0 saturated heterocycles. The van der Waals surface area contributed by atoms with E-state index in [2.05, 4.69) is 10.1 Å². The SMILES string of the molecule is CCS(=O)(=O)C1=NN2C(=N)/C(=C\c3ccc(OCCOc4c(C)cccc4C)cc3)C(=O)N=C2S1. The predicted octanol–water partition coefficient (Wildman–Crippen LogP) is 3.77. The fourth-order valence-corrected chi connectivity index (χ4v) is 5.54. The maximum atomic E-state index is 12.5. The Bertz CT molecular complexity index is 1360. The highest BCUT2D eigenvalue weighted by molar-refractivity contribution is 8.42. The average molecular weight is 513 g/mol. The molecule has 2 heterocycles. The minimum atomic E-state index is -3.57. The van der Waals surface area contributed by atoms with Crippen molar-refractivity contribution in [2.24, 2.45) is 10.1 Å². The van der Waals surface area contributed by atoms with Crippen molar-refractivity contribution in [3.63, 3.8) is 0 Å². The molecule has 0 saturated carbocycles. The average Bonchev–Trinajstić information content (AvgIpc) is 3.27. The van der Waals surface area contributed by atoms with Gasteiger partial charge in [-0.3, -0.25) is 10.2 Å². The maximum absolute atomic E-state index is 12.5. The van der Waals surface area contributed by atoms with Crippen LogP contribution in [0.5, 0.6) is 11.5 Å². The van der Waals surface area contributed by atoms with E-state index >= 15 is 0 Å². The van der Waals surface area contributed by atoms with Gasteiger partial charge in [-0.1, -0.05) is 37.3 Å². The number of fused-ring (bicyclic) bond motifs is 1. The molecule has 0 aromatic heterocycles. The van der Waals surface area contributed by atoms with Crippen LogP contribution < -0.4 is 9.47 Å². The van der Waals surface area contributed by atoms with Gasteiger partial charge in [0, 0.05) is 0 Å². The molecule has 0 spiro atoms. The van der Waals surface area contributed by atoms with Crippen LogP contribution in [0.25, 0.3) is 6.08 Å². The third-order valence-electron chi connectivity index (χ3n) is 5.28. The summed E-state index contributed by atoms with van der Waals surface area (Å²) >= 11 is 0.776. The van der Waals surface area contributed by atoms with E-state index in [1.807, 2.05) is 32.0 Å². The van der Waals surface area contributed by atoms with Gasteiger partial charge in [0.15, 0.2) is 5.84 Å². The number of rotatable bonds is 7. The minimum absolute atomic E-state index is 0.0175. The first kappa shape index (κ1) is 24.7. The number of aliphatic imine (C=N–C) groups is 1. The van der Waals surface area contributed by atoms with E-state index in [0.717, 1.165) is 33.6 Å². The quantitative estimate of drug-likeness (QED) is 0.443. The molecular formula is C24H24N4O5S2. The first-order valence-electron chi connectivity index (χ1n) is 10.8. The lowest BCUT2D eigenvalue weighted by Gasteiger charge is -2.20. The van der Waals surface area contributed by atoms with Crippen LogP contribution in [0.1, 0.15) is 23.6 Å². The number of benzene rings is 2. The minimum Gasteiger partial charge on any atom is -0.490 e. The van der Waals surface area contributed by atoms with E-state index in [-0.39, 0.29) is 26.7 Å². The van der Waals surface area contributed by atoms with E-state index in [9.17, 15) is 13.2 Å². The number of hydrogen-bond acceptors (Lipinski definition) is 8. The van der Waals surface area contributed by atoms with Crippen LogP contribution >= 0.6 is 11.8 Å². The lowest BCUT2D eigenvalue weighted by Crippen LogP contribution is -2.35. The van der Waals surface area contributed by atoms with Gasteiger partial charge in [0.1, 0.15) is 24.7 Å². The van der Waals surface area contributed by atoms with Gasteiger partial charge in [0.05, 0.1) is 11.3 Å². The Labute approximate surface area is 208 Å². The molecule has 1 amide bonds. The van der Waals surface area contributed by atoms with Gasteiger partial charge in [0.2, 0.25) is 19.4 Å². The number of hydrazone groups is 1. The zero-order valence-corrected chi connectivity index (χ0v) is 21.1. The monoisotopic (exact) mass is 512 g/mol. The highest BCUT2D eigenvalue weighted by Gasteiger charge is 2.39. The summed E-state index contributed by atoms with van der Waals surface area (Å²) in [7, 11) is -3.57. The molecule has 0 bridgehead atoms. The van der Waals surface area contributed by atoms with Crippen LogP contribution in [0.2, 0.25) is 0 Å². The lowest BCUT2D eigenvalue weighted by atomic mass is 10.1. The van der Waals surface area contributed by atoms with Crippen molar-refractivity contribution in [2.75, 3.05) is 19.0 Å². The number of nitrogens with one attached hydrogen (secondary N) is 1. The molecule has 2 aliphatic heterocycles. The fraction of sp³-hybridized carbons (Fsp3) is 0.250. The zero-order chi connectivity index (χ0) is 25.2. The summed E-state index contributed by atoms with van der Waals surface area (Å²) in [5, 5.41) is 13.5. The maximum Gasteiger partial charge on any atom is 0.283 e. The van der Waals surface area contributed by atoms with Crippen LogP contribution in [0.3, 0.4) is 0 Å². The molecule has 2 aromatic rings. The van der Waals surface area contributed by atoms with Crippen molar-refractivity contribution in [3.8, 4) is 11.5 Å². The van der Waals surface area contributed by atoms with Crippen molar-refractivity contribution in [2.45, 2.75) is 20.8 Å². The lowest BCUT2D eigenvalue weighted by molar-refractivity contribution is -0.114. The molecule has 2 aliphatic rings. The van der Waals surface area contributed by atoms with Gasteiger partial charge in [-0.25, -0.2) is 8.42 Å². The third kappa shape index (κ3) is 5.30. The van der Waals surface area contributed by atoms with Gasteiger partial charge >= 0.3 is 0 Å². The number of ether oxygens (including phenoxy) is 2. The molecule has 11 heteroatoms. The second-order valence-electron chi connectivity index (χ2n) is 7.78. The smallest absolute Gasteiger partial charge is 0.283 e. The Hall–Kier alpha value is -3.44. The summed E-state index contributed by atoms with van der Waals surface area (Å²) < 4.78 is 35.6.